The zero-order valence-corrected chi connectivity index (χ0v) is 11.0. The molecule has 3 heteroatoms. The third-order valence-electron chi connectivity index (χ3n) is 4.14. The molecule has 15 heavy (non-hydrogen) atoms. The monoisotopic (exact) mass is 224 g/mol. The maximum absolute atomic E-state index is 4.46. The van der Waals surface area contributed by atoms with Crippen molar-refractivity contribution in [2.75, 3.05) is 0 Å². The van der Waals surface area contributed by atoms with E-state index in [9.17, 15) is 0 Å². The fourth-order valence-electron chi connectivity index (χ4n) is 2.38. The van der Waals surface area contributed by atoms with E-state index in [1.54, 1.807) is 11.3 Å². The predicted octanol–water partition coefficient (Wildman–Crippen LogP) is 2.98. The number of thiazole rings is 1. The van der Waals surface area contributed by atoms with Crippen LogP contribution in [0.1, 0.15) is 38.4 Å². The van der Waals surface area contributed by atoms with Gasteiger partial charge in [0.25, 0.3) is 0 Å². The van der Waals surface area contributed by atoms with Gasteiger partial charge in [-0.2, -0.15) is 0 Å². The molecule has 1 aliphatic carbocycles. The second-order valence-electron chi connectivity index (χ2n) is 5.64. The fraction of sp³-hybridized carbons (Fsp3) is 0.750. The lowest BCUT2D eigenvalue weighted by atomic mass is 10.0. The molecular weight excluding hydrogens is 204 g/mol. The Morgan fingerprint density at radius 3 is 2.33 bits per heavy atom. The molecule has 0 atom stereocenters. The van der Waals surface area contributed by atoms with E-state index < -0.39 is 0 Å². The first-order chi connectivity index (χ1) is 6.85. The van der Waals surface area contributed by atoms with Crippen LogP contribution in [0.3, 0.4) is 0 Å². The second kappa shape index (κ2) is 3.29. The Morgan fingerprint density at radius 1 is 1.33 bits per heavy atom. The molecule has 0 spiro atoms. The quantitative estimate of drug-likeness (QED) is 0.854. The summed E-state index contributed by atoms with van der Waals surface area (Å²) in [5, 5.41) is 6.93. The molecular formula is C12H20N2S. The minimum Gasteiger partial charge on any atom is -0.307 e. The highest BCUT2D eigenvalue weighted by atomic mass is 32.1. The summed E-state index contributed by atoms with van der Waals surface area (Å²) in [6.45, 7) is 12.3. The average molecular weight is 224 g/mol. The third-order valence-corrected chi connectivity index (χ3v) is 5.11. The topological polar surface area (TPSA) is 24.9 Å². The van der Waals surface area contributed by atoms with Crippen LogP contribution in [-0.2, 0) is 6.54 Å². The Hall–Kier alpha value is -0.410. The van der Waals surface area contributed by atoms with Gasteiger partial charge in [-0.3, -0.25) is 0 Å². The first-order valence-corrected chi connectivity index (χ1v) is 6.38. The van der Waals surface area contributed by atoms with E-state index >= 15 is 0 Å². The molecule has 0 bridgehead atoms. The van der Waals surface area contributed by atoms with Crippen LogP contribution in [0, 0.1) is 17.8 Å². The van der Waals surface area contributed by atoms with Crippen molar-refractivity contribution >= 4 is 11.3 Å². The molecule has 1 aromatic heterocycles. The third kappa shape index (κ3) is 1.72. The predicted molar refractivity (Wildman–Crippen MR) is 65.0 cm³/mol. The zero-order valence-electron chi connectivity index (χ0n) is 10.2. The molecule has 1 saturated carbocycles. The number of hydrogen-bond donors (Lipinski definition) is 1. The lowest BCUT2D eigenvalue weighted by molar-refractivity contribution is 0.457. The number of nitrogens with one attached hydrogen (secondary N) is 1. The SMILES string of the molecule is Cc1csc(CNC2C(C)(C)C2(C)C)n1. The fourth-order valence-corrected chi connectivity index (χ4v) is 3.10. The summed E-state index contributed by atoms with van der Waals surface area (Å²) < 4.78 is 0. The average Bonchev–Trinajstić information content (AvgIpc) is 2.50. The maximum atomic E-state index is 4.46. The Balaban J connectivity index is 1.91. The van der Waals surface area contributed by atoms with Crippen molar-refractivity contribution in [3.05, 3.63) is 16.1 Å². The number of aryl methyl sites for hydroxylation is 1. The van der Waals surface area contributed by atoms with Crippen LogP contribution in [0.15, 0.2) is 5.38 Å². The van der Waals surface area contributed by atoms with Gasteiger partial charge >= 0.3 is 0 Å². The minimum atomic E-state index is 0.416. The van der Waals surface area contributed by atoms with Gasteiger partial charge in [-0.15, -0.1) is 11.3 Å². The summed E-state index contributed by atoms with van der Waals surface area (Å²) in [5.74, 6) is 0. The molecule has 1 fully saturated rings. The smallest absolute Gasteiger partial charge is 0.107 e. The van der Waals surface area contributed by atoms with E-state index in [2.05, 4.69) is 43.4 Å². The van der Waals surface area contributed by atoms with Crippen LogP contribution >= 0.6 is 11.3 Å². The molecule has 84 valence electrons. The highest BCUT2D eigenvalue weighted by molar-refractivity contribution is 7.09. The van der Waals surface area contributed by atoms with Gasteiger partial charge < -0.3 is 5.32 Å². The van der Waals surface area contributed by atoms with Crippen LogP contribution < -0.4 is 5.32 Å². The van der Waals surface area contributed by atoms with Gasteiger partial charge in [0.15, 0.2) is 0 Å². The molecule has 2 rings (SSSR count). The van der Waals surface area contributed by atoms with Gasteiger partial charge in [0, 0.05) is 23.7 Å². The van der Waals surface area contributed by atoms with Crippen molar-refractivity contribution in [2.45, 2.75) is 47.2 Å². The van der Waals surface area contributed by atoms with Gasteiger partial charge in [0.1, 0.15) is 5.01 Å². The molecule has 0 radical (unpaired) electrons. The van der Waals surface area contributed by atoms with Crippen molar-refractivity contribution in [3.8, 4) is 0 Å². The van der Waals surface area contributed by atoms with E-state index in [1.165, 1.54) is 5.01 Å². The van der Waals surface area contributed by atoms with Crippen molar-refractivity contribution in [2.24, 2.45) is 10.8 Å². The van der Waals surface area contributed by atoms with Gasteiger partial charge in [-0.05, 0) is 17.8 Å². The van der Waals surface area contributed by atoms with Crippen LogP contribution in [0.25, 0.3) is 0 Å². The number of hydrogen-bond acceptors (Lipinski definition) is 3. The lowest BCUT2D eigenvalue weighted by Crippen LogP contribution is -2.21. The maximum Gasteiger partial charge on any atom is 0.107 e. The van der Waals surface area contributed by atoms with Crippen LogP contribution in [0.4, 0.5) is 0 Å². The zero-order chi connectivity index (χ0) is 11.3. The first-order valence-electron chi connectivity index (χ1n) is 5.50. The summed E-state index contributed by atoms with van der Waals surface area (Å²) in [6, 6.07) is 0.620. The Morgan fingerprint density at radius 2 is 1.93 bits per heavy atom. The summed E-state index contributed by atoms with van der Waals surface area (Å²) in [6.07, 6.45) is 0. The van der Waals surface area contributed by atoms with Crippen molar-refractivity contribution < 1.29 is 0 Å². The summed E-state index contributed by atoms with van der Waals surface area (Å²) >= 11 is 1.75. The van der Waals surface area contributed by atoms with Crippen LogP contribution in [0.2, 0.25) is 0 Å². The van der Waals surface area contributed by atoms with Gasteiger partial charge in [-0.25, -0.2) is 4.98 Å². The molecule has 1 heterocycles. The van der Waals surface area contributed by atoms with Gasteiger partial charge in [-0.1, -0.05) is 27.7 Å². The first kappa shape index (κ1) is 11.1. The van der Waals surface area contributed by atoms with E-state index in [1.807, 2.05) is 6.92 Å². The number of rotatable bonds is 3. The Labute approximate surface area is 96.1 Å². The number of aromatic nitrogens is 1. The second-order valence-corrected chi connectivity index (χ2v) is 6.58. The molecule has 0 aromatic carbocycles. The summed E-state index contributed by atoms with van der Waals surface area (Å²) in [4.78, 5) is 4.46. The van der Waals surface area contributed by atoms with Gasteiger partial charge in [0.05, 0.1) is 0 Å². The molecule has 1 aromatic rings. The molecule has 2 nitrogen and oxygen atoms in total. The molecule has 0 unspecified atom stereocenters. The Kier molecular flexibility index (Phi) is 2.43. The van der Waals surface area contributed by atoms with Crippen LogP contribution in [-0.4, -0.2) is 11.0 Å². The molecule has 0 aliphatic heterocycles. The van der Waals surface area contributed by atoms with Crippen molar-refractivity contribution in [3.63, 3.8) is 0 Å². The summed E-state index contributed by atoms with van der Waals surface area (Å²) in [5.41, 5.74) is 1.96. The van der Waals surface area contributed by atoms with Gasteiger partial charge in [0.2, 0.25) is 0 Å². The van der Waals surface area contributed by atoms with E-state index in [0.717, 1.165) is 12.2 Å². The van der Waals surface area contributed by atoms with Crippen LogP contribution in [0.5, 0.6) is 0 Å². The van der Waals surface area contributed by atoms with E-state index in [-0.39, 0.29) is 0 Å². The Bertz CT molecular complexity index is 351. The molecule has 0 amide bonds. The molecule has 1 aliphatic rings. The largest absolute Gasteiger partial charge is 0.307 e. The molecule has 0 saturated heterocycles. The van der Waals surface area contributed by atoms with E-state index in [0.29, 0.717) is 16.9 Å². The van der Waals surface area contributed by atoms with Crippen molar-refractivity contribution in [1.29, 1.82) is 0 Å². The van der Waals surface area contributed by atoms with Crippen molar-refractivity contribution in [1.82, 2.24) is 10.3 Å². The number of nitrogens with zero attached hydrogens (tertiary/aromatic N) is 1. The molecule has 1 N–H and O–H groups in total. The normalized spacial score (nSPS) is 23.0. The standard InChI is InChI=1S/C12H20N2S/c1-8-7-15-9(14-8)6-13-10-11(2,3)12(10,4)5/h7,10,13H,6H2,1-5H3. The lowest BCUT2D eigenvalue weighted by Gasteiger charge is -2.03. The minimum absolute atomic E-state index is 0.416. The highest BCUT2D eigenvalue weighted by Gasteiger charge is 2.64. The summed E-state index contributed by atoms with van der Waals surface area (Å²) in [7, 11) is 0. The van der Waals surface area contributed by atoms with E-state index in [4.69, 9.17) is 0 Å². The highest BCUT2D eigenvalue weighted by Crippen LogP contribution is 2.62.